The Bertz CT molecular complexity index is 755. The maximum absolute atomic E-state index is 12.6. The number of nitrogens with zero attached hydrogens (tertiary/aromatic N) is 1. The number of nitrogens with one attached hydrogen (secondary N) is 1. The monoisotopic (exact) mass is 342 g/mol. The highest BCUT2D eigenvalue weighted by molar-refractivity contribution is 5.92. The van der Waals surface area contributed by atoms with Gasteiger partial charge in [0.15, 0.2) is 0 Å². The molecule has 0 saturated carbocycles. The van der Waals surface area contributed by atoms with Crippen LogP contribution in [0.3, 0.4) is 0 Å². The quantitative estimate of drug-likeness (QED) is 0.739. The lowest BCUT2D eigenvalue weighted by molar-refractivity contribution is -0.139. The number of nitrogens with two attached hydrogens (primary N) is 1. The molecule has 3 rings (SSSR count). The molecule has 4 N–H and O–H groups in total. The zero-order valence-corrected chi connectivity index (χ0v) is 14.1. The van der Waals surface area contributed by atoms with Crippen LogP contribution in [0.15, 0.2) is 30.5 Å². The molecule has 1 saturated heterocycles. The molecule has 0 aliphatic carbocycles. The summed E-state index contributed by atoms with van der Waals surface area (Å²) >= 11 is 0. The maximum Gasteiger partial charge on any atom is 0.240 e. The number of para-hydroxylation sites is 1. The third-order valence-corrected chi connectivity index (χ3v) is 5.03. The van der Waals surface area contributed by atoms with E-state index in [0.29, 0.717) is 25.8 Å². The Labute approximate surface area is 147 Å². The number of hydrogen-bond acceptors (Lipinski definition) is 3. The van der Waals surface area contributed by atoms with E-state index in [4.69, 9.17) is 10.8 Å². The first kappa shape index (κ1) is 17.5. The van der Waals surface area contributed by atoms with E-state index in [1.54, 1.807) is 11.3 Å². The largest absolute Gasteiger partial charge is 0.396 e. The normalized spacial score (nSPS) is 20.8. The summed E-state index contributed by atoms with van der Waals surface area (Å²) in [6.07, 6.45) is 6.00. The summed E-state index contributed by atoms with van der Waals surface area (Å²) in [5.74, 6) is -0.395. The summed E-state index contributed by atoms with van der Waals surface area (Å²) < 4.78 is 0. The van der Waals surface area contributed by atoms with Crippen LogP contribution in [-0.4, -0.2) is 46.0 Å². The van der Waals surface area contributed by atoms with Crippen LogP contribution in [-0.2, 0) is 16.0 Å². The number of piperidine rings is 1. The predicted octanol–water partition coefficient (Wildman–Crippen LogP) is 1.39. The summed E-state index contributed by atoms with van der Waals surface area (Å²) in [5, 5.41) is 10.2. The molecule has 2 amide bonds. The average molecular weight is 342 g/mol. The van der Waals surface area contributed by atoms with Crippen LogP contribution in [0.4, 0.5) is 0 Å². The first-order valence-electron chi connectivity index (χ1n) is 8.69. The Balaban J connectivity index is 1.64. The molecule has 6 nitrogen and oxygen atoms in total. The van der Waals surface area contributed by atoms with Gasteiger partial charge in [-0.15, -0.1) is 0 Å². The summed E-state index contributed by atoms with van der Waals surface area (Å²) in [7, 11) is 0. The number of aromatic amines is 1. The highest BCUT2D eigenvalue weighted by Crippen LogP contribution is 2.26. The highest BCUT2D eigenvalue weighted by Gasteiger charge is 2.34. The molecule has 2 heterocycles. The summed E-state index contributed by atoms with van der Waals surface area (Å²) in [5.41, 5.74) is 7.60. The van der Waals surface area contributed by atoms with Crippen molar-refractivity contribution in [1.29, 1.82) is 0 Å². The fourth-order valence-electron chi connectivity index (χ4n) is 3.63. The number of aromatic nitrogens is 1. The zero-order chi connectivity index (χ0) is 17.8. The second-order valence-corrected chi connectivity index (χ2v) is 6.62. The molecule has 2 unspecified atom stereocenters. The third kappa shape index (κ3) is 3.85. The number of rotatable bonds is 6. The molecule has 133 valence electrons. The lowest BCUT2D eigenvalue weighted by atomic mass is 9.88. The Morgan fingerprint density at radius 2 is 2.16 bits per heavy atom. The molecule has 1 aliphatic rings. The van der Waals surface area contributed by atoms with E-state index in [1.807, 2.05) is 30.5 Å². The highest BCUT2D eigenvalue weighted by atomic mass is 16.3. The Morgan fingerprint density at radius 1 is 1.36 bits per heavy atom. The standard InChI is InChI=1S/C19H24N3O3/c20-19(25)17-11-13(8-10-23)7-9-22(17)18(24)6-5-14-12-21-16-4-2-1-3-15(14)16/h1-4,6,12-13,17,21,23H,5,7-11H2,(H2,20,25). The number of amides is 2. The number of aliphatic hydroxyl groups excluding tert-OH is 1. The maximum atomic E-state index is 12.6. The first-order chi connectivity index (χ1) is 12.1. The molecular weight excluding hydrogens is 318 g/mol. The van der Waals surface area contributed by atoms with Gasteiger partial charge in [0.25, 0.3) is 0 Å². The zero-order valence-electron chi connectivity index (χ0n) is 14.1. The van der Waals surface area contributed by atoms with Crippen LogP contribution in [0.1, 0.15) is 24.8 Å². The number of H-pyrrole nitrogens is 1. The van der Waals surface area contributed by atoms with E-state index in [-0.39, 0.29) is 18.4 Å². The number of aliphatic hydroxyl groups is 1. The van der Waals surface area contributed by atoms with Gasteiger partial charge >= 0.3 is 0 Å². The van der Waals surface area contributed by atoms with E-state index in [2.05, 4.69) is 4.98 Å². The predicted molar refractivity (Wildman–Crippen MR) is 95.4 cm³/mol. The van der Waals surface area contributed by atoms with Crippen LogP contribution >= 0.6 is 0 Å². The van der Waals surface area contributed by atoms with Crippen molar-refractivity contribution in [2.24, 2.45) is 11.7 Å². The lowest BCUT2D eigenvalue weighted by Gasteiger charge is -2.37. The van der Waals surface area contributed by atoms with Gasteiger partial charge in [-0.2, -0.15) is 0 Å². The van der Waals surface area contributed by atoms with Gasteiger partial charge in [-0.1, -0.05) is 18.2 Å². The van der Waals surface area contributed by atoms with Crippen molar-refractivity contribution < 1.29 is 14.7 Å². The van der Waals surface area contributed by atoms with E-state index < -0.39 is 11.9 Å². The second-order valence-electron chi connectivity index (χ2n) is 6.62. The van der Waals surface area contributed by atoms with Crippen LogP contribution in [0.5, 0.6) is 0 Å². The van der Waals surface area contributed by atoms with Gasteiger partial charge in [0.05, 0.1) is 6.42 Å². The van der Waals surface area contributed by atoms with E-state index in [0.717, 1.165) is 22.9 Å². The van der Waals surface area contributed by atoms with Gasteiger partial charge in [-0.05, 0) is 43.2 Å². The summed E-state index contributed by atoms with van der Waals surface area (Å²) in [6.45, 7) is 0.596. The van der Waals surface area contributed by atoms with Crippen molar-refractivity contribution in [3.63, 3.8) is 0 Å². The van der Waals surface area contributed by atoms with Crippen LogP contribution in [0, 0.1) is 12.3 Å². The summed E-state index contributed by atoms with van der Waals surface area (Å²) in [6, 6.07) is 7.36. The van der Waals surface area contributed by atoms with E-state index in [1.165, 1.54) is 0 Å². The number of benzene rings is 1. The van der Waals surface area contributed by atoms with Gasteiger partial charge < -0.3 is 20.7 Å². The SMILES string of the molecule is NC(=O)C1CC(CCO)CCN1C(=O)[CH]Cc1c[nH]c2ccccc12. The minimum Gasteiger partial charge on any atom is -0.396 e. The second kappa shape index (κ2) is 7.70. The molecule has 2 aromatic rings. The Kier molecular flexibility index (Phi) is 5.38. The Hall–Kier alpha value is -2.34. The number of hydrogen-bond donors (Lipinski definition) is 3. The molecule has 1 radical (unpaired) electrons. The molecule has 1 aromatic carbocycles. The third-order valence-electron chi connectivity index (χ3n) is 5.03. The van der Waals surface area contributed by atoms with Gasteiger partial charge in [-0.3, -0.25) is 9.59 Å². The minimum atomic E-state index is -0.586. The van der Waals surface area contributed by atoms with Crippen molar-refractivity contribution in [2.45, 2.75) is 31.7 Å². The molecule has 0 bridgehead atoms. The van der Waals surface area contributed by atoms with Crippen molar-refractivity contribution in [1.82, 2.24) is 9.88 Å². The number of carbonyl (C=O) groups excluding carboxylic acids is 2. The fourth-order valence-corrected chi connectivity index (χ4v) is 3.63. The molecule has 2 atom stereocenters. The smallest absolute Gasteiger partial charge is 0.240 e. The summed E-state index contributed by atoms with van der Waals surface area (Å²) in [4.78, 5) is 29.2. The lowest BCUT2D eigenvalue weighted by Crippen LogP contribution is -2.52. The van der Waals surface area contributed by atoms with Gasteiger partial charge in [-0.25, -0.2) is 0 Å². The van der Waals surface area contributed by atoms with Crippen molar-refractivity contribution in [3.05, 3.63) is 42.4 Å². The van der Waals surface area contributed by atoms with Crippen LogP contribution in [0.25, 0.3) is 10.9 Å². The average Bonchev–Trinajstić information content (AvgIpc) is 3.03. The van der Waals surface area contributed by atoms with Crippen molar-refractivity contribution in [3.8, 4) is 0 Å². The molecule has 1 aromatic heterocycles. The van der Waals surface area contributed by atoms with Gasteiger partial charge in [0.2, 0.25) is 11.8 Å². The molecule has 0 spiro atoms. The molecule has 1 aliphatic heterocycles. The molecule has 25 heavy (non-hydrogen) atoms. The molecular formula is C19H24N3O3. The van der Waals surface area contributed by atoms with E-state index in [9.17, 15) is 9.59 Å². The fraction of sp³-hybridized carbons (Fsp3) is 0.421. The van der Waals surface area contributed by atoms with Gasteiger partial charge in [0.1, 0.15) is 6.04 Å². The number of likely N-dealkylation sites (tertiary alicyclic amines) is 1. The van der Waals surface area contributed by atoms with Crippen molar-refractivity contribution >= 4 is 22.7 Å². The van der Waals surface area contributed by atoms with Crippen LogP contribution < -0.4 is 5.73 Å². The first-order valence-corrected chi connectivity index (χ1v) is 8.69. The topological polar surface area (TPSA) is 99.4 Å². The number of primary amides is 1. The van der Waals surface area contributed by atoms with Crippen LogP contribution in [0.2, 0.25) is 0 Å². The number of carbonyl (C=O) groups is 2. The van der Waals surface area contributed by atoms with E-state index >= 15 is 0 Å². The molecule has 1 fully saturated rings. The Morgan fingerprint density at radius 3 is 2.92 bits per heavy atom. The van der Waals surface area contributed by atoms with Crippen molar-refractivity contribution in [2.75, 3.05) is 13.2 Å². The minimum absolute atomic E-state index is 0.0940. The number of fused-ring (bicyclic) bond motifs is 1. The molecule has 6 heteroatoms. The van der Waals surface area contributed by atoms with Gasteiger partial charge in [0, 0.05) is 30.3 Å².